The molecule has 0 aromatic heterocycles. The summed E-state index contributed by atoms with van der Waals surface area (Å²) in [5.41, 5.74) is 2.37. The van der Waals surface area contributed by atoms with Crippen LogP contribution in [0.5, 0.6) is 5.75 Å². The van der Waals surface area contributed by atoms with Crippen molar-refractivity contribution in [1.82, 2.24) is 15.5 Å². The molecule has 3 N–H and O–H groups in total. The molecule has 0 saturated carbocycles. The molecule has 2 rings (SSSR count). The number of phenols is 1. The average molecular weight is 584 g/mol. The second-order valence-corrected chi connectivity index (χ2v) is 11.2. The quantitative estimate of drug-likeness (QED) is 0.296. The van der Waals surface area contributed by atoms with Gasteiger partial charge in [-0.05, 0) is 76.8 Å². The lowest BCUT2D eigenvalue weighted by Crippen LogP contribution is -2.54. The van der Waals surface area contributed by atoms with Gasteiger partial charge in [0.25, 0.3) is 0 Å². The Labute approximate surface area is 248 Å². The first-order chi connectivity index (χ1) is 19.7. The molecular weight excluding hydrogens is 538 g/mol. The van der Waals surface area contributed by atoms with Gasteiger partial charge in [-0.25, -0.2) is 4.79 Å². The second kappa shape index (κ2) is 15.8. The number of alkyl carbamates (subject to hydrolysis) is 1. The van der Waals surface area contributed by atoms with Gasteiger partial charge in [0.15, 0.2) is 0 Å². The van der Waals surface area contributed by atoms with Gasteiger partial charge in [-0.1, -0.05) is 42.8 Å². The highest BCUT2D eigenvalue weighted by Crippen LogP contribution is 2.27. The summed E-state index contributed by atoms with van der Waals surface area (Å²) in [4.78, 5) is 54.3. The zero-order chi connectivity index (χ0) is 31.4. The molecule has 10 nitrogen and oxygen atoms in total. The summed E-state index contributed by atoms with van der Waals surface area (Å²) in [5.74, 6) is -1.28. The molecule has 2 unspecified atom stereocenters. The SMILES string of the molecule is CCCN(C(=O)C(Cc1ccc(O)cc1)NC(=O)OC(C)(C)C)C(C(=O)NCCC(=O)OCC)c1ccc(C)cc1C. The van der Waals surface area contributed by atoms with Crippen molar-refractivity contribution in [2.24, 2.45) is 0 Å². The Bertz CT molecular complexity index is 1220. The Hall–Kier alpha value is -4.08. The number of benzene rings is 2. The van der Waals surface area contributed by atoms with Crippen molar-refractivity contribution < 1.29 is 33.8 Å². The number of nitrogens with zero attached hydrogens (tertiary/aromatic N) is 1. The number of phenolic OH excluding ortho intramolecular Hbond substituents is 1. The van der Waals surface area contributed by atoms with E-state index >= 15 is 0 Å². The van der Waals surface area contributed by atoms with Gasteiger partial charge in [-0.3, -0.25) is 14.4 Å². The molecule has 2 aromatic carbocycles. The first-order valence-corrected chi connectivity index (χ1v) is 14.3. The highest BCUT2D eigenvalue weighted by Gasteiger charge is 2.36. The summed E-state index contributed by atoms with van der Waals surface area (Å²) in [6.07, 6.45) is -0.132. The van der Waals surface area contributed by atoms with Crippen LogP contribution in [-0.2, 0) is 30.3 Å². The number of esters is 1. The van der Waals surface area contributed by atoms with Gasteiger partial charge >= 0.3 is 12.1 Å². The minimum Gasteiger partial charge on any atom is -0.508 e. The predicted octanol–water partition coefficient (Wildman–Crippen LogP) is 4.49. The third-order valence-corrected chi connectivity index (χ3v) is 6.33. The van der Waals surface area contributed by atoms with E-state index in [2.05, 4.69) is 10.6 Å². The molecule has 42 heavy (non-hydrogen) atoms. The van der Waals surface area contributed by atoms with E-state index < -0.39 is 41.6 Å². The summed E-state index contributed by atoms with van der Waals surface area (Å²) < 4.78 is 10.4. The largest absolute Gasteiger partial charge is 0.508 e. The minimum atomic E-state index is -1.07. The molecule has 0 aliphatic heterocycles. The number of ether oxygens (including phenoxy) is 2. The molecule has 0 bridgehead atoms. The van der Waals surface area contributed by atoms with Gasteiger partial charge in [-0.2, -0.15) is 0 Å². The first-order valence-electron chi connectivity index (χ1n) is 14.3. The van der Waals surface area contributed by atoms with Crippen molar-refractivity contribution in [3.63, 3.8) is 0 Å². The maximum absolute atomic E-state index is 14.3. The summed E-state index contributed by atoms with van der Waals surface area (Å²) in [5, 5.41) is 15.2. The van der Waals surface area contributed by atoms with Crippen molar-refractivity contribution in [2.75, 3.05) is 19.7 Å². The molecule has 3 amide bonds. The standard InChI is InChI=1S/C32H45N3O7/c1-8-18-35(28(25-15-10-21(3)19-22(25)4)29(38)33-17-16-27(37)41-9-2)30(39)26(34-31(40)42-32(5,6)7)20-23-11-13-24(36)14-12-23/h10-15,19,26,28,36H,8-9,16-18,20H2,1-7H3,(H,33,38)(H,34,40). The Morgan fingerprint density at radius 1 is 1.00 bits per heavy atom. The monoisotopic (exact) mass is 583 g/mol. The van der Waals surface area contributed by atoms with Crippen LogP contribution >= 0.6 is 0 Å². The summed E-state index contributed by atoms with van der Waals surface area (Å²) in [6.45, 7) is 13.1. The second-order valence-electron chi connectivity index (χ2n) is 11.2. The third kappa shape index (κ3) is 10.7. The highest BCUT2D eigenvalue weighted by atomic mass is 16.6. The molecule has 230 valence electrons. The normalized spacial score (nSPS) is 12.5. The molecule has 2 aromatic rings. The maximum atomic E-state index is 14.3. The molecule has 0 fully saturated rings. The molecular formula is C32H45N3O7. The average Bonchev–Trinajstić information content (AvgIpc) is 2.89. The van der Waals surface area contributed by atoms with E-state index in [9.17, 15) is 24.3 Å². The topological polar surface area (TPSA) is 134 Å². The summed E-state index contributed by atoms with van der Waals surface area (Å²) in [7, 11) is 0. The third-order valence-electron chi connectivity index (χ3n) is 6.33. The Balaban J connectivity index is 2.51. The molecule has 0 heterocycles. The fourth-order valence-electron chi connectivity index (χ4n) is 4.53. The zero-order valence-electron chi connectivity index (χ0n) is 25.8. The number of aryl methyl sites for hydroxylation is 2. The van der Waals surface area contributed by atoms with Crippen molar-refractivity contribution in [3.05, 3.63) is 64.7 Å². The minimum absolute atomic E-state index is 0.00934. The van der Waals surface area contributed by atoms with Gasteiger partial charge in [0.05, 0.1) is 13.0 Å². The number of carbonyl (C=O) groups excluding carboxylic acids is 4. The zero-order valence-corrected chi connectivity index (χ0v) is 25.8. The lowest BCUT2D eigenvalue weighted by molar-refractivity contribution is -0.144. The number of aromatic hydroxyl groups is 1. The van der Waals surface area contributed by atoms with Crippen LogP contribution in [0, 0.1) is 13.8 Å². The van der Waals surface area contributed by atoms with E-state index in [4.69, 9.17) is 9.47 Å². The smallest absolute Gasteiger partial charge is 0.408 e. The van der Waals surface area contributed by atoms with Crippen molar-refractivity contribution in [1.29, 1.82) is 0 Å². The van der Waals surface area contributed by atoms with Crippen molar-refractivity contribution >= 4 is 23.9 Å². The molecule has 0 aliphatic carbocycles. The number of carbonyl (C=O) groups is 4. The number of hydrogen-bond acceptors (Lipinski definition) is 7. The Morgan fingerprint density at radius 2 is 1.67 bits per heavy atom. The number of hydrogen-bond donors (Lipinski definition) is 3. The van der Waals surface area contributed by atoms with Gasteiger partial charge < -0.3 is 30.1 Å². The van der Waals surface area contributed by atoms with E-state index in [1.54, 1.807) is 39.8 Å². The number of amides is 3. The van der Waals surface area contributed by atoms with Gasteiger partial charge in [0, 0.05) is 19.5 Å². The van der Waals surface area contributed by atoms with Crippen LogP contribution in [0.4, 0.5) is 4.79 Å². The van der Waals surface area contributed by atoms with Crippen LogP contribution in [-0.4, -0.2) is 65.2 Å². The maximum Gasteiger partial charge on any atom is 0.408 e. The van der Waals surface area contributed by atoms with E-state index in [0.29, 0.717) is 17.5 Å². The highest BCUT2D eigenvalue weighted by molar-refractivity contribution is 5.92. The lowest BCUT2D eigenvalue weighted by atomic mass is 9.95. The molecule has 2 atom stereocenters. The van der Waals surface area contributed by atoms with Crippen LogP contribution in [0.25, 0.3) is 0 Å². The summed E-state index contributed by atoms with van der Waals surface area (Å²) in [6, 6.07) is 9.89. The van der Waals surface area contributed by atoms with E-state index in [1.807, 2.05) is 39.0 Å². The molecule has 0 aliphatic rings. The van der Waals surface area contributed by atoms with Gasteiger partial charge in [0.2, 0.25) is 11.8 Å². The van der Waals surface area contributed by atoms with E-state index in [-0.39, 0.29) is 38.3 Å². The summed E-state index contributed by atoms with van der Waals surface area (Å²) >= 11 is 0. The fourth-order valence-corrected chi connectivity index (χ4v) is 4.53. The number of nitrogens with one attached hydrogen (secondary N) is 2. The molecule has 10 heteroatoms. The lowest BCUT2D eigenvalue weighted by Gasteiger charge is -2.35. The van der Waals surface area contributed by atoms with Crippen LogP contribution in [0.15, 0.2) is 42.5 Å². The van der Waals surface area contributed by atoms with Crippen molar-refractivity contribution in [3.8, 4) is 5.75 Å². The van der Waals surface area contributed by atoms with E-state index in [0.717, 1.165) is 11.1 Å². The molecule has 0 radical (unpaired) electrons. The van der Waals surface area contributed by atoms with Crippen LogP contribution in [0.2, 0.25) is 0 Å². The van der Waals surface area contributed by atoms with Crippen LogP contribution in [0.3, 0.4) is 0 Å². The van der Waals surface area contributed by atoms with Crippen LogP contribution in [0.1, 0.15) is 75.8 Å². The number of rotatable bonds is 13. The van der Waals surface area contributed by atoms with Gasteiger partial charge in [-0.15, -0.1) is 0 Å². The predicted molar refractivity (Wildman–Crippen MR) is 160 cm³/mol. The molecule has 0 saturated heterocycles. The van der Waals surface area contributed by atoms with Gasteiger partial charge in [0.1, 0.15) is 23.4 Å². The van der Waals surface area contributed by atoms with Crippen molar-refractivity contribution in [2.45, 2.75) is 85.4 Å². The Kier molecular flexibility index (Phi) is 12.8. The fraction of sp³-hybridized carbons (Fsp3) is 0.500. The van der Waals surface area contributed by atoms with Crippen LogP contribution < -0.4 is 10.6 Å². The molecule has 0 spiro atoms. The van der Waals surface area contributed by atoms with E-state index in [1.165, 1.54) is 17.0 Å². The first kappa shape index (κ1) is 34.1. The Morgan fingerprint density at radius 3 is 2.24 bits per heavy atom.